The smallest absolute Gasteiger partial charge is 0.240 e. The predicted octanol–water partition coefficient (Wildman–Crippen LogP) is 3.67. The number of amides is 1. The third kappa shape index (κ3) is 5.23. The molecule has 27 heavy (non-hydrogen) atoms. The number of rotatable bonds is 8. The second kappa shape index (κ2) is 8.75. The van der Waals surface area contributed by atoms with Crippen molar-refractivity contribution in [3.05, 3.63) is 29.8 Å². The summed E-state index contributed by atoms with van der Waals surface area (Å²) in [5.41, 5.74) is 1.48. The van der Waals surface area contributed by atoms with Gasteiger partial charge in [-0.1, -0.05) is 37.5 Å². The van der Waals surface area contributed by atoms with E-state index in [1.54, 1.807) is 0 Å². The van der Waals surface area contributed by atoms with E-state index in [0.29, 0.717) is 12.0 Å². The van der Waals surface area contributed by atoms with Crippen molar-refractivity contribution in [1.82, 2.24) is 10.2 Å². The van der Waals surface area contributed by atoms with Crippen molar-refractivity contribution in [3.63, 3.8) is 0 Å². The van der Waals surface area contributed by atoms with E-state index in [1.807, 2.05) is 19.1 Å². The lowest BCUT2D eigenvalue weighted by atomic mass is 9.94. The minimum absolute atomic E-state index is 0.124. The van der Waals surface area contributed by atoms with Crippen LogP contribution in [0.3, 0.4) is 0 Å². The topological polar surface area (TPSA) is 68.2 Å². The van der Waals surface area contributed by atoms with E-state index >= 15 is 0 Å². The Kier molecular flexibility index (Phi) is 6.38. The Balaban J connectivity index is 1.55. The lowest BCUT2D eigenvalue weighted by Crippen LogP contribution is -2.48. The van der Waals surface area contributed by atoms with Crippen molar-refractivity contribution in [2.24, 2.45) is 5.92 Å². The first kappa shape index (κ1) is 19.7. The SMILES string of the molecule is CN(Cc1ccccc1NCC(=O)NC(C)(C#N)C1CC1)C1CCCCC1. The summed E-state index contributed by atoms with van der Waals surface area (Å²) in [7, 11) is 2.20. The van der Waals surface area contributed by atoms with E-state index in [-0.39, 0.29) is 12.5 Å². The van der Waals surface area contributed by atoms with Crippen LogP contribution in [0.15, 0.2) is 24.3 Å². The zero-order valence-electron chi connectivity index (χ0n) is 16.6. The molecule has 3 rings (SSSR count). The van der Waals surface area contributed by atoms with Gasteiger partial charge in [-0.25, -0.2) is 0 Å². The van der Waals surface area contributed by atoms with Crippen LogP contribution in [0.25, 0.3) is 0 Å². The molecule has 1 unspecified atom stereocenters. The summed E-state index contributed by atoms with van der Waals surface area (Å²) in [5.74, 6) is 0.171. The van der Waals surface area contributed by atoms with Crippen molar-refractivity contribution >= 4 is 11.6 Å². The zero-order chi connectivity index (χ0) is 19.3. The summed E-state index contributed by atoms with van der Waals surface area (Å²) < 4.78 is 0. The van der Waals surface area contributed by atoms with Gasteiger partial charge in [0.1, 0.15) is 5.54 Å². The molecular weight excluding hydrogens is 336 g/mol. The summed E-state index contributed by atoms with van der Waals surface area (Å²) in [6.45, 7) is 2.90. The number of nitrogens with zero attached hydrogens (tertiary/aromatic N) is 2. The van der Waals surface area contributed by atoms with Gasteiger partial charge in [-0.3, -0.25) is 9.69 Å². The summed E-state index contributed by atoms with van der Waals surface area (Å²) >= 11 is 0. The molecule has 0 heterocycles. The molecule has 0 saturated heterocycles. The molecule has 0 aromatic heterocycles. The van der Waals surface area contributed by atoms with Gasteiger partial charge >= 0.3 is 0 Å². The molecule has 1 aromatic carbocycles. The van der Waals surface area contributed by atoms with Gasteiger partial charge in [0.15, 0.2) is 0 Å². The maximum absolute atomic E-state index is 12.4. The number of para-hydroxylation sites is 1. The monoisotopic (exact) mass is 368 g/mol. The number of carbonyl (C=O) groups is 1. The molecule has 0 spiro atoms. The van der Waals surface area contributed by atoms with Gasteiger partial charge in [0.25, 0.3) is 0 Å². The molecule has 1 amide bonds. The molecule has 0 radical (unpaired) electrons. The van der Waals surface area contributed by atoms with Gasteiger partial charge in [0.2, 0.25) is 5.91 Å². The highest BCUT2D eigenvalue weighted by Crippen LogP contribution is 2.39. The average Bonchev–Trinajstić information content (AvgIpc) is 3.54. The van der Waals surface area contributed by atoms with Gasteiger partial charge in [-0.15, -0.1) is 0 Å². The van der Waals surface area contributed by atoms with Crippen LogP contribution in [0.2, 0.25) is 0 Å². The Hall–Kier alpha value is -2.06. The Morgan fingerprint density at radius 1 is 1.22 bits per heavy atom. The van der Waals surface area contributed by atoms with Gasteiger partial charge < -0.3 is 10.6 Å². The van der Waals surface area contributed by atoms with E-state index in [4.69, 9.17) is 0 Å². The van der Waals surface area contributed by atoms with Crippen LogP contribution in [-0.4, -0.2) is 36.0 Å². The summed E-state index contributed by atoms with van der Waals surface area (Å²) in [5, 5.41) is 15.6. The quantitative estimate of drug-likeness (QED) is 0.735. The third-order valence-corrected chi connectivity index (χ3v) is 6.10. The minimum Gasteiger partial charge on any atom is -0.376 e. The fourth-order valence-corrected chi connectivity index (χ4v) is 4.14. The lowest BCUT2D eigenvalue weighted by molar-refractivity contribution is -0.120. The Labute approximate surface area is 163 Å². The maximum atomic E-state index is 12.4. The predicted molar refractivity (Wildman–Crippen MR) is 108 cm³/mol. The normalized spacial score (nSPS) is 19.9. The van der Waals surface area contributed by atoms with Gasteiger partial charge in [-0.05, 0) is 57.2 Å². The average molecular weight is 369 g/mol. The van der Waals surface area contributed by atoms with Crippen LogP contribution >= 0.6 is 0 Å². The molecule has 2 aliphatic carbocycles. The molecule has 5 nitrogen and oxygen atoms in total. The molecule has 2 saturated carbocycles. The van der Waals surface area contributed by atoms with Gasteiger partial charge in [0, 0.05) is 18.3 Å². The van der Waals surface area contributed by atoms with E-state index in [0.717, 1.165) is 25.1 Å². The summed E-state index contributed by atoms with van der Waals surface area (Å²) in [6.07, 6.45) is 8.62. The molecule has 0 bridgehead atoms. The fraction of sp³-hybridized carbons (Fsp3) is 0.636. The maximum Gasteiger partial charge on any atom is 0.240 e. The van der Waals surface area contributed by atoms with Crippen molar-refractivity contribution in [2.45, 2.75) is 70.0 Å². The molecule has 2 N–H and O–H groups in total. The zero-order valence-corrected chi connectivity index (χ0v) is 16.6. The summed E-state index contributed by atoms with van der Waals surface area (Å²) in [4.78, 5) is 14.8. The molecule has 5 heteroatoms. The molecule has 1 atom stereocenters. The van der Waals surface area contributed by atoms with Crippen LogP contribution in [0.5, 0.6) is 0 Å². The number of carbonyl (C=O) groups excluding carboxylic acids is 1. The number of hydrogen-bond acceptors (Lipinski definition) is 4. The van der Waals surface area contributed by atoms with Crippen LogP contribution in [0.4, 0.5) is 5.69 Å². The second-order valence-electron chi connectivity index (χ2n) is 8.35. The Bertz CT molecular complexity index is 688. The van der Waals surface area contributed by atoms with E-state index in [2.05, 4.69) is 40.8 Å². The second-order valence-corrected chi connectivity index (χ2v) is 8.35. The molecule has 1 aromatic rings. The highest BCUT2D eigenvalue weighted by atomic mass is 16.2. The lowest BCUT2D eigenvalue weighted by Gasteiger charge is -2.31. The van der Waals surface area contributed by atoms with E-state index < -0.39 is 5.54 Å². The number of hydrogen-bond donors (Lipinski definition) is 2. The largest absolute Gasteiger partial charge is 0.376 e. The summed E-state index contributed by atoms with van der Waals surface area (Å²) in [6, 6.07) is 11.1. The van der Waals surface area contributed by atoms with Crippen LogP contribution in [0.1, 0.15) is 57.4 Å². The number of benzene rings is 1. The Morgan fingerprint density at radius 3 is 2.59 bits per heavy atom. The van der Waals surface area contributed by atoms with Crippen molar-refractivity contribution in [1.29, 1.82) is 5.26 Å². The molecule has 0 aliphatic heterocycles. The fourth-order valence-electron chi connectivity index (χ4n) is 4.14. The first-order chi connectivity index (χ1) is 13.0. The number of anilines is 1. The highest BCUT2D eigenvalue weighted by Gasteiger charge is 2.42. The van der Waals surface area contributed by atoms with Crippen LogP contribution < -0.4 is 10.6 Å². The van der Waals surface area contributed by atoms with Crippen molar-refractivity contribution in [3.8, 4) is 6.07 Å². The molecular formula is C22H32N4O. The highest BCUT2D eigenvalue weighted by molar-refractivity contribution is 5.82. The standard InChI is InChI=1S/C22H32N4O/c1-22(16-23,18-12-13-18)25-21(27)14-24-20-11-7-6-8-17(20)15-26(2)19-9-4-3-5-10-19/h6-8,11,18-19,24H,3-5,9-10,12-15H2,1-2H3,(H,25,27). The third-order valence-electron chi connectivity index (χ3n) is 6.10. The van der Waals surface area contributed by atoms with Crippen molar-refractivity contribution < 1.29 is 4.79 Å². The van der Waals surface area contributed by atoms with Gasteiger partial charge in [-0.2, -0.15) is 5.26 Å². The Morgan fingerprint density at radius 2 is 1.93 bits per heavy atom. The van der Waals surface area contributed by atoms with Crippen LogP contribution in [0, 0.1) is 17.2 Å². The van der Waals surface area contributed by atoms with E-state index in [1.165, 1.54) is 37.7 Å². The van der Waals surface area contributed by atoms with E-state index in [9.17, 15) is 10.1 Å². The first-order valence-corrected chi connectivity index (χ1v) is 10.3. The number of nitriles is 1. The molecule has 146 valence electrons. The molecule has 2 fully saturated rings. The van der Waals surface area contributed by atoms with Crippen LogP contribution in [-0.2, 0) is 11.3 Å². The van der Waals surface area contributed by atoms with Crippen molar-refractivity contribution in [2.75, 3.05) is 18.9 Å². The molecule has 2 aliphatic rings. The first-order valence-electron chi connectivity index (χ1n) is 10.3. The van der Waals surface area contributed by atoms with Gasteiger partial charge in [0.05, 0.1) is 12.6 Å². The number of nitrogens with one attached hydrogen (secondary N) is 2. The minimum atomic E-state index is -0.737.